The summed E-state index contributed by atoms with van der Waals surface area (Å²) in [6.07, 6.45) is 8.44. The van der Waals surface area contributed by atoms with Gasteiger partial charge in [0.2, 0.25) is 0 Å². The molecular weight excluding hydrogens is 327 g/mol. The van der Waals surface area contributed by atoms with Crippen LogP contribution in [0, 0.1) is 5.82 Å². The monoisotopic (exact) mass is 348 g/mol. The second-order valence-corrected chi connectivity index (χ2v) is 7.41. The molecule has 4 nitrogen and oxygen atoms in total. The standard InChI is InChI=1S/C21H21FN4/c22-16-3-1-14(2-4-16)20-19(13-7-9-23-10-8-13)21(26-25-20)15-11-17-5-6-18(12-15)24-17/h1-4,7-10,15,17-18,24H,5-6,11-12H2,(H,25,26). The van der Waals surface area contributed by atoms with Gasteiger partial charge >= 0.3 is 0 Å². The number of nitrogens with zero attached hydrogens (tertiary/aromatic N) is 2. The Labute approximate surface area is 151 Å². The number of fused-ring (bicyclic) bond motifs is 2. The minimum atomic E-state index is -0.232. The van der Waals surface area contributed by atoms with Gasteiger partial charge in [-0.2, -0.15) is 5.10 Å². The SMILES string of the molecule is Fc1ccc(-c2n[nH]c(C3CC4CCC(C3)N4)c2-c2ccncc2)cc1. The molecular formula is C21H21FN4. The van der Waals surface area contributed by atoms with Crippen molar-refractivity contribution in [1.29, 1.82) is 0 Å². The van der Waals surface area contributed by atoms with Crippen molar-refractivity contribution in [3.63, 3.8) is 0 Å². The number of piperidine rings is 1. The van der Waals surface area contributed by atoms with Gasteiger partial charge in [-0.05, 0) is 67.6 Å². The van der Waals surface area contributed by atoms with Crippen molar-refractivity contribution in [3.8, 4) is 22.4 Å². The Kier molecular flexibility index (Phi) is 3.82. The molecule has 2 atom stereocenters. The first-order valence-electron chi connectivity index (χ1n) is 9.28. The third-order valence-corrected chi connectivity index (χ3v) is 5.76. The topological polar surface area (TPSA) is 53.6 Å². The quantitative estimate of drug-likeness (QED) is 0.743. The van der Waals surface area contributed by atoms with Crippen molar-refractivity contribution in [3.05, 3.63) is 60.3 Å². The lowest BCUT2D eigenvalue weighted by molar-refractivity contribution is 0.359. The molecule has 5 rings (SSSR count). The van der Waals surface area contributed by atoms with Crippen LogP contribution in [-0.2, 0) is 0 Å². The van der Waals surface area contributed by atoms with Gasteiger partial charge in [-0.25, -0.2) is 4.39 Å². The van der Waals surface area contributed by atoms with Gasteiger partial charge < -0.3 is 5.32 Å². The second-order valence-electron chi connectivity index (χ2n) is 7.41. The molecule has 2 aliphatic heterocycles. The number of aromatic nitrogens is 3. The minimum Gasteiger partial charge on any atom is -0.311 e. The van der Waals surface area contributed by atoms with Crippen molar-refractivity contribution in [2.24, 2.45) is 0 Å². The summed E-state index contributed by atoms with van der Waals surface area (Å²) in [5, 5.41) is 11.7. The predicted molar refractivity (Wildman–Crippen MR) is 99.1 cm³/mol. The molecule has 2 aliphatic rings. The molecule has 2 aromatic heterocycles. The van der Waals surface area contributed by atoms with E-state index in [2.05, 4.69) is 20.5 Å². The zero-order chi connectivity index (χ0) is 17.5. The van der Waals surface area contributed by atoms with E-state index in [1.807, 2.05) is 24.5 Å². The lowest BCUT2D eigenvalue weighted by Crippen LogP contribution is -2.37. The fraction of sp³-hybridized carbons (Fsp3) is 0.333. The predicted octanol–water partition coefficient (Wildman–Crippen LogP) is 4.28. The average molecular weight is 348 g/mol. The highest BCUT2D eigenvalue weighted by Gasteiger charge is 2.36. The van der Waals surface area contributed by atoms with Gasteiger partial charge in [-0.15, -0.1) is 0 Å². The maximum atomic E-state index is 13.4. The summed E-state index contributed by atoms with van der Waals surface area (Å²) in [6, 6.07) is 11.9. The highest BCUT2D eigenvalue weighted by atomic mass is 19.1. The van der Waals surface area contributed by atoms with E-state index in [1.165, 1.54) is 30.7 Å². The molecule has 0 aliphatic carbocycles. The van der Waals surface area contributed by atoms with E-state index in [0.29, 0.717) is 18.0 Å². The van der Waals surface area contributed by atoms with Crippen molar-refractivity contribution in [2.45, 2.75) is 43.7 Å². The number of hydrogen-bond donors (Lipinski definition) is 2. The summed E-state index contributed by atoms with van der Waals surface area (Å²) in [6.45, 7) is 0. The summed E-state index contributed by atoms with van der Waals surface area (Å²) in [5.41, 5.74) is 5.25. The molecule has 26 heavy (non-hydrogen) atoms. The summed E-state index contributed by atoms with van der Waals surface area (Å²) >= 11 is 0. The van der Waals surface area contributed by atoms with Crippen molar-refractivity contribution < 1.29 is 4.39 Å². The molecule has 5 heteroatoms. The van der Waals surface area contributed by atoms with Crippen LogP contribution in [0.25, 0.3) is 22.4 Å². The van der Waals surface area contributed by atoms with Crippen LogP contribution in [0.4, 0.5) is 4.39 Å². The Morgan fingerprint density at radius 1 is 0.885 bits per heavy atom. The minimum absolute atomic E-state index is 0.232. The number of benzene rings is 1. The van der Waals surface area contributed by atoms with E-state index in [9.17, 15) is 4.39 Å². The van der Waals surface area contributed by atoms with Crippen LogP contribution < -0.4 is 5.32 Å². The van der Waals surface area contributed by atoms with Gasteiger partial charge in [0, 0.05) is 47.2 Å². The number of aromatic amines is 1. The second kappa shape index (κ2) is 6.32. The van der Waals surface area contributed by atoms with Gasteiger partial charge in [0.05, 0.1) is 0 Å². The normalized spacial score (nSPS) is 24.7. The Morgan fingerprint density at radius 3 is 2.27 bits per heavy atom. The Hall–Kier alpha value is -2.53. The molecule has 2 N–H and O–H groups in total. The van der Waals surface area contributed by atoms with Crippen LogP contribution >= 0.6 is 0 Å². The van der Waals surface area contributed by atoms with E-state index >= 15 is 0 Å². The zero-order valence-corrected chi connectivity index (χ0v) is 14.5. The fourth-order valence-corrected chi connectivity index (χ4v) is 4.57. The van der Waals surface area contributed by atoms with Crippen LogP contribution in [0.15, 0.2) is 48.8 Å². The molecule has 0 amide bonds. The van der Waals surface area contributed by atoms with E-state index in [0.717, 1.165) is 35.2 Å². The Balaban J connectivity index is 1.62. The molecule has 2 bridgehead atoms. The number of hydrogen-bond acceptors (Lipinski definition) is 3. The third kappa shape index (κ3) is 2.72. The summed E-state index contributed by atoms with van der Waals surface area (Å²) in [4.78, 5) is 4.16. The largest absolute Gasteiger partial charge is 0.311 e. The van der Waals surface area contributed by atoms with Gasteiger partial charge in [-0.3, -0.25) is 10.1 Å². The third-order valence-electron chi connectivity index (χ3n) is 5.76. The van der Waals surface area contributed by atoms with Crippen molar-refractivity contribution in [2.75, 3.05) is 0 Å². The van der Waals surface area contributed by atoms with Crippen LogP contribution in [-0.4, -0.2) is 27.3 Å². The van der Waals surface area contributed by atoms with Gasteiger partial charge in [0.15, 0.2) is 0 Å². The molecule has 1 aromatic carbocycles. The molecule has 0 spiro atoms. The number of halogens is 1. The zero-order valence-electron chi connectivity index (χ0n) is 14.5. The molecule has 132 valence electrons. The lowest BCUT2D eigenvalue weighted by atomic mass is 9.85. The molecule has 4 heterocycles. The van der Waals surface area contributed by atoms with Crippen molar-refractivity contribution >= 4 is 0 Å². The summed E-state index contributed by atoms with van der Waals surface area (Å²) < 4.78 is 13.4. The molecule has 0 saturated carbocycles. The maximum Gasteiger partial charge on any atom is 0.123 e. The molecule has 2 fully saturated rings. The highest BCUT2D eigenvalue weighted by molar-refractivity contribution is 5.82. The number of pyridine rings is 1. The average Bonchev–Trinajstić information content (AvgIpc) is 3.26. The fourth-order valence-electron chi connectivity index (χ4n) is 4.57. The van der Waals surface area contributed by atoms with Gasteiger partial charge in [0.25, 0.3) is 0 Å². The highest BCUT2D eigenvalue weighted by Crippen LogP contribution is 2.43. The van der Waals surface area contributed by atoms with Crippen LogP contribution in [0.2, 0.25) is 0 Å². The first-order valence-corrected chi connectivity index (χ1v) is 9.28. The van der Waals surface area contributed by atoms with Crippen LogP contribution in [0.5, 0.6) is 0 Å². The van der Waals surface area contributed by atoms with Crippen molar-refractivity contribution in [1.82, 2.24) is 20.5 Å². The molecule has 3 aromatic rings. The summed E-state index contributed by atoms with van der Waals surface area (Å²) in [5.74, 6) is 0.239. The maximum absolute atomic E-state index is 13.4. The number of rotatable bonds is 3. The van der Waals surface area contributed by atoms with Crippen LogP contribution in [0.1, 0.15) is 37.3 Å². The smallest absolute Gasteiger partial charge is 0.123 e. The molecule has 0 radical (unpaired) electrons. The first-order chi connectivity index (χ1) is 12.8. The molecule has 2 saturated heterocycles. The lowest BCUT2D eigenvalue weighted by Gasteiger charge is -2.29. The number of nitrogens with one attached hydrogen (secondary N) is 2. The van der Waals surface area contributed by atoms with Crippen LogP contribution in [0.3, 0.4) is 0 Å². The first kappa shape index (κ1) is 15.7. The van der Waals surface area contributed by atoms with E-state index in [4.69, 9.17) is 0 Å². The van der Waals surface area contributed by atoms with E-state index in [1.54, 1.807) is 12.1 Å². The van der Waals surface area contributed by atoms with Gasteiger partial charge in [-0.1, -0.05) is 0 Å². The number of H-pyrrole nitrogens is 1. The Bertz CT molecular complexity index is 892. The summed E-state index contributed by atoms with van der Waals surface area (Å²) in [7, 11) is 0. The van der Waals surface area contributed by atoms with E-state index < -0.39 is 0 Å². The van der Waals surface area contributed by atoms with E-state index in [-0.39, 0.29) is 5.82 Å². The Morgan fingerprint density at radius 2 is 1.58 bits per heavy atom. The van der Waals surface area contributed by atoms with Gasteiger partial charge in [0.1, 0.15) is 11.5 Å². The molecule has 2 unspecified atom stereocenters.